The Morgan fingerprint density at radius 3 is 2.52 bits per heavy atom. The molecule has 2 rings (SSSR count). The zero-order valence-electron chi connectivity index (χ0n) is 14.1. The molecule has 0 bridgehead atoms. The van der Waals surface area contributed by atoms with Crippen molar-refractivity contribution in [2.45, 2.75) is 13.5 Å². The molecule has 0 aliphatic heterocycles. The number of benzene rings is 1. The molecule has 5 heteroatoms. The monoisotopic (exact) mass is 330 g/mol. The number of nitrogens with one attached hydrogen (secondary N) is 1. The number of anilines is 1. The number of hydrogen-bond acceptors (Lipinski definition) is 4. The number of pyridine rings is 1. The van der Waals surface area contributed by atoms with Crippen LogP contribution >= 0.6 is 10.7 Å². The molecule has 0 fully saturated rings. The van der Waals surface area contributed by atoms with E-state index in [1.54, 1.807) is 13.1 Å². The quantitative estimate of drug-likeness (QED) is 0.501. The summed E-state index contributed by atoms with van der Waals surface area (Å²) >= 11 is 0. The highest BCUT2D eigenvalue weighted by Gasteiger charge is 2.08. The first kappa shape index (κ1) is 19.1. The van der Waals surface area contributed by atoms with Crippen molar-refractivity contribution in [2.75, 3.05) is 17.6 Å². The SMILES string of the molecule is C=Cc1ccc(CN(c2cccc(C)c2)S(=C)C)nc1.CNN. The zero-order valence-corrected chi connectivity index (χ0v) is 14.9. The Balaban J connectivity index is 0.000000816. The van der Waals surface area contributed by atoms with Gasteiger partial charge in [0.1, 0.15) is 0 Å². The van der Waals surface area contributed by atoms with Crippen LogP contribution in [-0.4, -0.2) is 24.2 Å². The van der Waals surface area contributed by atoms with Crippen molar-refractivity contribution in [3.05, 3.63) is 66.0 Å². The molecule has 2 aromatic rings. The standard InChI is InChI=1S/C17H20N2S.CH6N2/c1-5-15-9-10-16(18-12-15)13-19(20(3)4)17-8-6-7-14(2)11-17;1-3-2/h5-12H,1,3,13H2,2,4H3;3H,2H2,1H3. The second-order valence-electron chi connectivity index (χ2n) is 5.05. The molecule has 0 saturated carbocycles. The number of hydrazine groups is 1. The molecule has 4 nitrogen and oxygen atoms in total. The van der Waals surface area contributed by atoms with Gasteiger partial charge in [-0.05, 0) is 49.6 Å². The average molecular weight is 331 g/mol. The van der Waals surface area contributed by atoms with Gasteiger partial charge in [-0.25, -0.2) is 0 Å². The third-order valence-corrected chi connectivity index (χ3v) is 4.15. The maximum absolute atomic E-state index is 4.60. The summed E-state index contributed by atoms with van der Waals surface area (Å²) in [6.07, 6.45) is 5.79. The van der Waals surface area contributed by atoms with Crippen molar-refractivity contribution >= 4 is 28.3 Å². The van der Waals surface area contributed by atoms with E-state index in [9.17, 15) is 0 Å². The predicted molar refractivity (Wildman–Crippen MR) is 106 cm³/mol. The van der Waals surface area contributed by atoms with E-state index in [1.807, 2.05) is 18.3 Å². The van der Waals surface area contributed by atoms with Gasteiger partial charge in [0, 0.05) is 11.9 Å². The molecule has 0 saturated heterocycles. The second kappa shape index (κ2) is 9.94. The highest BCUT2D eigenvalue weighted by molar-refractivity contribution is 8.14. The second-order valence-corrected chi connectivity index (χ2v) is 6.69. The van der Waals surface area contributed by atoms with E-state index in [0.29, 0.717) is 0 Å². The van der Waals surface area contributed by atoms with Crippen LogP contribution in [0.3, 0.4) is 0 Å². The summed E-state index contributed by atoms with van der Waals surface area (Å²) in [7, 11) is 1.56. The average Bonchev–Trinajstić information content (AvgIpc) is 2.53. The summed E-state index contributed by atoms with van der Waals surface area (Å²) in [5.74, 6) is 8.78. The topological polar surface area (TPSA) is 54.2 Å². The van der Waals surface area contributed by atoms with Crippen LogP contribution in [0.1, 0.15) is 16.8 Å². The van der Waals surface area contributed by atoms with Gasteiger partial charge >= 0.3 is 0 Å². The Bertz CT molecular complexity index is 638. The summed E-state index contributed by atoms with van der Waals surface area (Å²) in [6.45, 7) is 6.62. The van der Waals surface area contributed by atoms with Gasteiger partial charge in [0.25, 0.3) is 0 Å². The van der Waals surface area contributed by atoms with E-state index in [2.05, 4.69) is 70.5 Å². The summed E-state index contributed by atoms with van der Waals surface area (Å²) < 4.78 is 2.28. The number of rotatable bonds is 5. The summed E-state index contributed by atoms with van der Waals surface area (Å²) in [6, 6.07) is 12.6. The Morgan fingerprint density at radius 2 is 2.04 bits per heavy atom. The van der Waals surface area contributed by atoms with Crippen molar-refractivity contribution in [1.29, 1.82) is 0 Å². The molecule has 1 atom stereocenters. The van der Waals surface area contributed by atoms with Crippen molar-refractivity contribution in [2.24, 2.45) is 5.84 Å². The lowest BCUT2D eigenvalue weighted by atomic mass is 10.2. The fraction of sp³-hybridized carbons (Fsp3) is 0.222. The molecule has 1 aromatic carbocycles. The minimum atomic E-state index is -0.0971. The van der Waals surface area contributed by atoms with Crippen LogP contribution in [0, 0.1) is 6.92 Å². The van der Waals surface area contributed by atoms with E-state index in [1.165, 1.54) is 11.3 Å². The van der Waals surface area contributed by atoms with Gasteiger partial charge in [0.2, 0.25) is 0 Å². The summed E-state index contributed by atoms with van der Waals surface area (Å²) in [5, 5.41) is 0. The Morgan fingerprint density at radius 1 is 1.35 bits per heavy atom. The first-order valence-corrected chi connectivity index (χ1v) is 9.02. The van der Waals surface area contributed by atoms with Crippen LogP contribution in [0.2, 0.25) is 0 Å². The largest absolute Gasteiger partial charge is 0.317 e. The van der Waals surface area contributed by atoms with Crippen LogP contribution in [0.15, 0.2) is 49.2 Å². The number of nitrogens with zero attached hydrogens (tertiary/aromatic N) is 2. The first-order valence-electron chi connectivity index (χ1n) is 7.26. The van der Waals surface area contributed by atoms with E-state index in [-0.39, 0.29) is 10.7 Å². The molecular weight excluding hydrogens is 304 g/mol. The summed E-state index contributed by atoms with van der Waals surface area (Å²) in [5.41, 5.74) is 6.79. The maximum Gasteiger partial charge on any atom is 0.0713 e. The number of hydrogen-bond donors (Lipinski definition) is 2. The van der Waals surface area contributed by atoms with Crippen LogP contribution < -0.4 is 15.6 Å². The highest BCUT2D eigenvalue weighted by atomic mass is 32.2. The van der Waals surface area contributed by atoms with Gasteiger partial charge in [0.15, 0.2) is 0 Å². The van der Waals surface area contributed by atoms with Crippen LogP contribution in [0.5, 0.6) is 0 Å². The van der Waals surface area contributed by atoms with E-state index in [0.717, 1.165) is 17.8 Å². The molecule has 0 radical (unpaired) electrons. The fourth-order valence-corrected chi connectivity index (χ4v) is 2.79. The van der Waals surface area contributed by atoms with Gasteiger partial charge in [0.05, 0.1) is 12.2 Å². The number of aryl methyl sites for hydroxylation is 1. The molecule has 124 valence electrons. The minimum absolute atomic E-state index is 0.0971. The van der Waals surface area contributed by atoms with E-state index < -0.39 is 0 Å². The third kappa shape index (κ3) is 6.36. The van der Waals surface area contributed by atoms with Crippen LogP contribution in [-0.2, 0) is 6.54 Å². The maximum atomic E-state index is 4.60. The zero-order chi connectivity index (χ0) is 17.2. The van der Waals surface area contributed by atoms with Crippen molar-refractivity contribution in [3.8, 4) is 0 Å². The van der Waals surface area contributed by atoms with E-state index >= 15 is 0 Å². The number of nitrogens with two attached hydrogens (primary N) is 1. The van der Waals surface area contributed by atoms with Crippen molar-refractivity contribution in [1.82, 2.24) is 10.4 Å². The van der Waals surface area contributed by atoms with Gasteiger partial charge < -0.3 is 4.31 Å². The lowest BCUT2D eigenvalue weighted by molar-refractivity contribution is 0.900. The molecule has 0 amide bonds. The van der Waals surface area contributed by atoms with Gasteiger partial charge in [-0.1, -0.05) is 36.7 Å². The van der Waals surface area contributed by atoms with Gasteiger partial charge in [-0.15, -0.1) is 10.7 Å². The molecule has 1 aromatic heterocycles. The van der Waals surface area contributed by atoms with Gasteiger partial charge in [-0.3, -0.25) is 16.3 Å². The summed E-state index contributed by atoms with van der Waals surface area (Å²) in [4.78, 5) is 4.48. The molecule has 1 heterocycles. The molecular formula is C18H26N4S. The fourth-order valence-electron chi connectivity index (χ4n) is 1.96. The predicted octanol–water partition coefficient (Wildman–Crippen LogP) is 3.36. The smallest absolute Gasteiger partial charge is 0.0713 e. The molecule has 23 heavy (non-hydrogen) atoms. The third-order valence-electron chi connectivity index (χ3n) is 3.05. The lowest BCUT2D eigenvalue weighted by Crippen LogP contribution is -2.16. The van der Waals surface area contributed by atoms with Crippen molar-refractivity contribution < 1.29 is 0 Å². The Labute approximate surface area is 142 Å². The van der Waals surface area contributed by atoms with Crippen LogP contribution in [0.4, 0.5) is 5.69 Å². The van der Waals surface area contributed by atoms with Crippen molar-refractivity contribution in [3.63, 3.8) is 0 Å². The molecule has 0 spiro atoms. The molecule has 0 aliphatic carbocycles. The first-order chi connectivity index (χ1) is 11.0. The Hall–Kier alpha value is -1.95. The normalized spacial score (nSPS) is 11.1. The number of aromatic nitrogens is 1. The van der Waals surface area contributed by atoms with Gasteiger partial charge in [-0.2, -0.15) is 0 Å². The van der Waals surface area contributed by atoms with E-state index in [4.69, 9.17) is 0 Å². The molecule has 0 aliphatic rings. The molecule has 3 N–H and O–H groups in total. The minimum Gasteiger partial charge on any atom is -0.317 e. The Kier molecular flexibility index (Phi) is 8.26. The van der Waals surface area contributed by atoms with Crippen LogP contribution in [0.25, 0.3) is 6.08 Å². The highest BCUT2D eigenvalue weighted by Crippen LogP contribution is 2.27. The molecule has 1 unspecified atom stereocenters. The lowest BCUT2D eigenvalue weighted by Gasteiger charge is -2.25.